The summed E-state index contributed by atoms with van der Waals surface area (Å²) in [7, 11) is 0. The number of fused-ring (bicyclic) bond motifs is 2. The number of amides is 3. The van der Waals surface area contributed by atoms with E-state index < -0.39 is 34.2 Å². The van der Waals surface area contributed by atoms with Gasteiger partial charge in [0.05, 0.1) is 11.4 Å². The lowest BCUT2D eigenvalue weighted by atomic mass is 10.0. The Morgan fingerprint density at radius 1 is 1.03 bits per heavy atom. The second-order valence-corrected chi connectivity index (χ2v) is 9.33. The Labute approximate surface area is 202 Å². The van der Waals surface area contributed by atoms with E-state index in [0.717, 1.165) is 23.9 Å². The quantitative estimate of drug-likeness (QED) is 0.572. The number of nitrogens with zero attached hydrogens (tertiary/aromatic N) is 2. The van der Waals surface area contributed by atoms with Crippen molar-refractivity contribution >= 4 is 58.1 Å². The average Bonchev–Trinajstić information content (AvgIpc) is 3.28. The molecule has 10 heteroatoms. The fourth-order valence-corrected chi connectivity index (χ4v) is 5.70. The molecule has 1 unspecified atom stereocenters. The van der Waals surface area contributed by atoms with Gasteiger partial charge in [0.1, 0.15) is 6.54 Å². The van der Waals surface area contributed by atoms with Crippen molar-refractivity contribution in [2.75, 3.05) is 27.4 Å². The molecule has 0 radical (unpaired) electrons. The standard InChI is InChI=1S/C24H16ClF2N3O3S/c25-14-5-7-15(8-6-14)28-21(31)12-29-20-4-2-1-3-17(20)24(23(29)33)30(22(32)13-34-24)16-9-10-18(26)19(27)11-16/h1-11H,12-13H2,(H,28,31). The van der Waals surface area contributed by atoms with E-state index in [1.165, 1.54) is 15.9 Å². The smallest absolute Gasteiger partial charge is 0.269 e. The van der Waals surface area contributed by atoms with Gasteiger partial charge < -0.3 is 5.32 Å². The maximum Gasteiger partial charge on any atom is 0.269 e. The fourth-order valence-electron chi connectivity index (χ4n) is 4.21. The number of para-hydroxylation sites is 1. The molecule has 2 aliphatic heterocycles. The van der Waals surface area contributed by atoms with Gasteiger partial charge in [0.25, 0.3) is 5.91 Å². The van der Waals surface area contributed by atoms with Gasteiger partial charge in [-0.1, -0.05) is 29.8 Å². The number of thioether (sulfide) groups is 1. The van der Waals surface area contributed by atoms with Gasteiger partial charge in [-0.2, -0.15) is 0 Å². The van der Waals surface area contributed by atoms with E-state index in [0.29, 0.717) is 22.0 Å². The summed E-state index contributed by atoms with van der Waals surface area (Å²) in [6.45, 7) is -0.305. The number of carbonyl (C=O) groups excluding carboxylic acids is 3. The van der Waals surface area contributed by atoms with Crippen molar-refractivity contribution in [1.82, 2.24) is 0 Å². The molecule has 2 aliphatic rings. The van der Waals surface area contributed by atoms with Crippen LogP contribution in [0.25, 0.3) is 0 Å². The summed E-state index contributed by atoms with van der Waals surface area (Å²) in [6.07, 6.45) is 0. The summed E-state index contributed by atoms with van der Waals surface area (Å²) >= 11 is 6.96. The highest BCUT2D eigenvalue weighted by Gasteiger charge is 2.61. The van der Waals surface area contributed by atoms with Crippen LogP contribution in [-0.4, -0.2) is 30.0 Å². The number of carbonyl (C=O) groups is 3. The van der Waals surface area contributed by atoms with Crippen LogP contribution in [0.1, 0.15) is 5.56 Å². The molecule has 6 nitrogen and oxygen atoms in total. The number of benzene rings is 3. The molecule has 0 saturated carbocycles. The molecule has 2 heterocycles. The van der Waals surface area contributed by atoms with E-state index in [2.05, 4.69) is 5.32 Å². The first-order valence-corrected chi connectivity index (χ1v) is 11.6. The second kappa shape index (κ2) is 8.41. The highest BCUT2D eigenvalue weighted by Crippen LogP contribution is 2.55. The van der Waals surface area contributed by atoms with Crippen LogP contribution in [0.15, 0.2) is 66.7 Å². The highest BCUT2D eigenvalue weighted by molar-refractivity contribution is 8.02. The van der Waals surface area contributed by atoms with Crippen LogP contribution in [0.5, 0.6) is 0 Å². The molecule has 1 N–H and O–H groups in total. The van der Waals surface area contributed by atoms with Gasteiger partial charge in [0.15, 0.2) is 11.6 Å². The third-order valence-electron chi connectivity index (χ3n) is 5.65. The van der Waals surface area contributed by atoms with Gasteiger partial charge in [-0.3, -0.25) is 24.2 Å². The van der Waals surface area contributed by atoms with E-state index in [1.54, 1.807) is 48.5 Å². The fraction of sp³-hybridized carbons (Fsp3) is 0.125. The first kappa shape index (κ1) is 22.4. The molecular weight excluding hydrogens is 484 g/mol. The molecule has 1 fully saturated rings. The lowest BCUT2D eigenvalue weighted by Crippen LogP contribution is -2.51. The Balaban J connectivity index is 1.52. The summed E-state index contributed by atoms with van der Waals surface area (Å²) in [6, 6.07) is 16.4. The number of rotatable bonds is 4. The van der Waals surface area contributed by atoms with Crippen molar-refractivity contribution in [1.29, 1.82) is 0 Å². The van der Waals surface area contributed by atoms with Gasteiger partial charge in [0, 0.05) is 28.0 Å². The molecular formula is C24H16ClF2N3O3S. The van der Waals surface area contributed by atoms with Crippen molar-refractivity contribution in [3.8, 4) is 0 Å². The number of hydrogen-bond acceptors (Lipinski definition) is 4. The maximum atomic E-state index is 14.0. The first-order chi connectivity index (χ1) is 16.3. The van der Waals surface area contributed by atoms with E-state index in [-0.39, 0.29) is 18.0 Å². The Bertz CT molecular complexity index is 1340. The Hall–Kier alpha value is -3.43. The van der Waals surface area contributed by atoms with Gasteiger partial charge in [-0.05, 0) is 42.5 Å². The van der Waals surface area contributed by atoms with Crippen LogP contribution in [0.3, 0.4) is 0 Å². The van der Waals surface area contributed by atoms with E-state index in [1.807, 2.05) is 0 Å². The van der Waals surface area contributed by atoms with Gasteiger partial charge in [-0.25, -0.2) is 8.78 Å². The lowest BCUT2D eigenvalue weighted by Gasteiger charge is -2.33. The molecule has 172 valence electrons. The van der Waals surface area contributed by atoms with Crippen molar-refractivity contribution < 1.29 is 23.2 Å². The largest absolute Gasteiger partial charge is 0.325 e. The van der Waals surface area contributed by atoms with Crippen LogP contribution in [0.4, 0.5) is 25.8 Å². The summed E-state index contributed by atoms with van der Waals surface area (Å²) in [5, 5.41) is 3.24. The number of anilines is 3. The maximum absolute atomic E-state index is 14.0. The molecule has 1 atom stereocenters. The zero-order chi connectivity index (χ0) is 24.0. The summed E-state index contributed by atoms with van der Waals surface area (Å²) < 4.78 is 27.6. The van der Waals surface area contributed by atoms with Gasteiger partial charge >= 0.3 is 0 Å². The zero-order valence-electron chi connectivity index (χ0n) is 17.4. The molecule has 34 heavy (non-hydrogen) atoms. The highest BCUT2D eigenvalue weighted by atomic mass is 35.5. The van der Waals surface area contributed by atoms with Gasteiger partial charge in [-0.15, -0.1) is 11.8 Å². The summed E-state index contributed by atoms with van der Waals surface area (Å²) in [4.78, 5) is 40.5. The predicted molar refractivity (Wildman–Crippen MR) is 127 cm³/mol. The molecule has 0 bridgehead atoms. The van der Waals surface area contributed by atoms with E-state index in [9.17, 15) is 23.2 Å². The van der Waals surface area contributed by atoms with Crippen molar-refractivity contribution in [2.24, 2.45) is 0 Å². The molecule has 0 aliphatic carbocycles. The minimum absolute atomic E-state index is 0.0378. The van der Waals surface area contributed by atoms with Crippen LogP contribution in [-0.2, 0) is 19.3 Å². The minimum Gasteiger partial charge on any atom is -0.325 e. The van der Waals surface area contributed by atoms with Crippen molar-refractivity contribution in [3.63, 3.8) is 0 Å². The molecule has 1 saturated heterocycles. The molecule has 3 amide bonds. The predicted octanol–water partition coefficient (Wildman–Crippen LogP) is 4.54. The van der Waals surface area contributed by atoms with Crippen LogP contribution in [0.2, 0.25) is 5.02 Å². The monoisotopic (exact) mass is 499 g/mol. The molecule has 0 aromatic heterocycles. The molecule has 3 aromatic rings. The van der Waals surface area contributed by atoms with E-state index >= 15 is 0 Å². The Morgan fingerprint density at radius 2 is 1.76 bits per heavy atom. The Kier molecular flexibility index (Phi) is 5.53. The summed E-state index contributed by atoms with van der Waals surface area (Å²) in [5.74, 6) is -3.61. The zero-order valence-corrected chi connectivity index (χ0v) is 19.0. The average molecular weight is 500 g/mol. The van der Waals surface area contributed by atoms with Crippen molar-refractivity contribution in [2.45, 2.75) is 4.87 Å². The topological polar surface area (TPSA) is 69.7 Å². The summed E-state index contributed by atoms with van der Waals surface area (Å²) in [5.41, 5.74) is 1.54. The first-order valence-electron chi connectivity index (χ1n) is 10.2. The molecule has 3 aromatic carbocycles. The van der Waals surface area contributed by atoms with Gasteiger partial charge in [0.2, 0.25) is 16.7 Å². The third kappa shape index (κ3) is 3.52. The van der Waals surface area contributed by atoms with E-state index in [4.69, 9.17) is 11.6 Å². The molecule has 1 spiro atoms. The lowest BCUT2D eigenvalue weighted by molar-refractivity contribution is -0.124. The third-order valence-corrected chi connectivity index (χ3v) is 7.29. The van der Waals surface area contributed by atoms with Crippen LogP contribution in [0, 0.1) is 11.6 Å². The second-order valence-electron chi connectivity index (χ2n) is 7.72. The number of nitrogens with one attached hydrogen (secondary N) is 1. The number of halogens is 3. The normalized spacial score (nSPS) is 19.1. The number of hydrogen-bond donors (Lipinski definition) is 1. The molecule has 5 rings (SSSR count). The minimum atomic E-state index is -1.53. The Morgan fingerprint density at radius 3 is 2.50 bits per heavy atom. The SMILES string of the molecule is O=C(CN1C(=O)C2(SCC(=O)N2c2ccc(F)c(F)c2)c2ccccc21)Nc1ccc(Cl)cc1. The van der Waals surface area contributed by atoms with Crippen LogP contribution >= 0.6 is 23.4 Å². The van der Waals surface area contributed by atoms with Crippen molar-refractivity contribution in [3.05, 3.63) is 89.0 Å². The van der Waals surface area contributed by atoms with Crippen LogP contribution < -0.4 is 15.1 Å².